The summed E-state index contributed by atoms with van der Waals surface area (Å²) < 4.78 is 0. The molecule has 1 aromatic rings. The van der Waals surface area contributed by atoms with Gasteiger partial charge in [0.25, 0.3) is 0 Å². The molecule has 0 spiro atoms. The van der Waals surface area contributed by atoms with E-state index in [4.69, 9.17) is 5.73 Å². The minimum Gasteiger partial charge on any atom is -0.329 e. The molecule has 0 bridgehead atoms. The fourth-order valence-corrected chi connectivity index (χ4v) is 2.41. The number of rotatable bonds is 5. The van der Waals surface area contributed by atoms with Crippen LogP contribution < -0.4 is 5.73 Å². The van der Waals surface area contributed by atoms with Crippen molar-refractivity contribution in [1.29, 1.82) is 0 Å². The molecule has 0 aliphatic rings. The first-order valence-corrected chi connectivity index (χ1v) is 6.32. The largest absolute Gasteiger partial charge is 0.329 e. The summed E-state index contributed by atoms with van der Waals surface area (Å²) in [5.41, 5.74) is 5.99. The van der Waals surface area contributed by atoms with E-state index in [0.29, 0.717) is 12.5 Å². The van der Waals surface area contributed by atoms with Crippen LogP contribution in [0.25, 0.3) is 0 Å². The molecule has 2 N–H and O–H groups in total. The van der Waals surface area contributed by atoms with Gasteiger partial charge in [0.2, 0.25) is 0 Å². The fraction of sp³-hybridized carbons (Fsp3) is 0.667. The van der Waals surface area contributed by atoms with Crippen LogP contribution >= 0.6 is 11.3 Å². The molecular formula is C12H22N2S. The number of nitrogens with zero attached hydrogens (tertiary/aromatic N) is 1. The van der Waals surface area contributed by atoms with Crippen LogP contribution in [0.1, 0.15) is 25.6 Å². The van der Waals surface area contributed by atoms with Gasteiger partial charge in [0, 0.05) is 23.5 Å². The Morgan fingerprint density at radius 1 is 1.53 bits per heavy atom. The zero-order valence-corrected chi connectivity index (χ0v) is 11.0. The van der Waals surface area contributed by atoms with Gasteiger partial charge in [-0.1, -0.05) is 19.9 Å². The molecule has 1 rings (SSSR count). The molecule has 86 valence electrons. The maximum absolute atomic E-state index is 5.90. The zero-order chi connectivity index (χ0) is 11.5. The predicted octanol–water partition coefficient (Wildman–Crippen LogP) is 2.55. The molecule has 15 heavy (non-hydrogen) atoms. The number of nitrogens with two attached hydrogens (primary N) is 1. The lowest BCUT2D eigenvalue weighted by molar-refractivity contribution is 0.0888. The lowest BCUT2D eigenvalue weighted by atomic mass is 9.87. The molecule has 0 amide bonds. The smallest absolute Gasteiger partial charge is 0.0330 e. The van der Waals surface area contributed by atoms with Gasteiger partial charge >= 0.3 is 0 Å². The monoisotopic (exact) mass is 226 g/mol. The lowest BCUT2D eigenvalue weighted by Gasteiger charge is -2.41. The molecule has 1 atom stereocenters. The van der Waals surface area contributed by atoms with Crippen molar-refractivity contribution in [3.05, 3.63) is 22.4 Å². The Morgan fingerprint density at radius 3 is 2.60 bits per heavy atom. The second-order valence-corrected chi connectivity index (χ2v) is 5.68. The Kier molecular flexibility index (Phi) is 4.32. The topological polar surface area (TPSA) is 29.3 Å². The first kappa shape index (κ1) is 12.7. The van der Waals surface area contributed by atoms with Crippen molar-refractivity contribution in [3.8, 4) is 0 Å². The minimum atomic E-state index is 0.0873. The van der Waals surface area contributed by atoms with Gasteiger partial charge in [-0.15, -0.1) is 11.3 Å². The molecule has 0 saturated carbocycles. The Labute approximate surface area is 97.1 Å². The summed E-state index contributed by atoms with van der Waals surface area (Å²) in [7, 11) is 2.16. The van der Waals surface area contributed by atoms with Crippen LogP contribution in [-0.4, -0.2) is 24.0 Å². The molecule has 0 radical (unpaired) electrons. The molecular weight excluding hydrogens is 204 g/mol. The van der Waals surface area contributed by atoms with Crippen LogP contribution in [0, 0.1) is 5.92 Å². The first-order chi connectivity index (χ1) is 7.00. The van der Waals surface area contributed by atoms with Crippen molar-refractivity contribution in [2.75, 3.05) is 13.6 Å². The maximum Gasteiger partial charge on any atom is 0.0330 e. The van der Waals surface area contributed by atoms with Gasteiger partial charge < -0.3 is 5.73 Å². The summed E-state index contributed by atoms with van der Waals surface area (Å²) in [6.45, 7) is 8.40. The van der Waals surface area contributed by atoms with Crippen molar-refractivity contribution in [2.45, 2.75) is 32.9 Å². The summed E-state index contributed by atoms with van der Waals surface area (Å²) in [5, 5.41) is 2.12. The highest BCUT2D eigenvalue weighted by Crippen LogP contribution is 2.24. The molecule has 2 nitrogen and oxygen atoms in total. The average Bonchev–Trinajstić information content (AvgIpc) is 2.68. The van der Waals surface area contributed by atoms with Crippen LogP contribution in [0.15, 0.2) is 17.5 Å². The van der Waals surface area contributed by atoms with E-state index in [9.17, 15) is 0 Å². The molecule has 0 aliphatic heterocycles. The van der Waals surface area contributed by atoms with E-state index < -0.39 is 0 Å². The standard InChI is InChI=1S/C12H22N2S/c1-10(2)12(3,9-13)14(4)8-11-6-5-7-15-11/h5-7,10H,8-9,13H2,1-4H3. The minimum absolute atomic E-state index is 0.0873. The highest BCUT2D eigenvalue weighted by atomic mass is 32.1. The predicted molar refractivity (Wildman–Crippen MR) is 68.1 cm³/mol. The normalized spacial score (nSPS) is 15.9. The summed E-state index contributed by atoms with van der Waals surface area (Å²) in [6.07, 6.45) is 0. The highest BCUT2D eigenvalue weighted by molar-refractivity contribution is 7.09. The molecule has 0 aliphatic carbocycles. The summed E-state index contributed by atoms with van der Waals surface area (Å²) in [5.74, 6) is 0.562. The van der Waals surface area contributed by atoms with Crippen LogP contribution in [-0.2, 0) is 6.54 Å². The first-order valence-electron chi connectivity index (χ1n) is 5.44. The van der Waals surface area contributed by atoms with Crippen molar-refractivity contribution >= 4 is 11.3 Å². The highest BCUT2D eigenvalue weighted by Gasteiger charge is 2.31. The third-order valence-corrected chi connectivity index (χ3v) is 4.36. The molecule has 0 fully saturated rings. The third kappa shape index (κ3) is 2.80. The van der Waals surface area contributed by atoms with Gasteiger partial charge in [0.1, 0.15) is 0 Å². The van der Waals surface area contributed by atoms with E-state index in [1.807, 2.05) is 11.3 Å². The van der Waals surface area contributed by atoms with E-state index in [1.165, 1.54) is 4.88 Å². The lowest BCUT2D eigenvalue weighted by Crippen LogP contribution is -2.52. The molecule has 3 heteroatoms. The Bertz CT molecular complexity index is 282. The average molecular weight is 226 g/mol. The van der Waals surface area contributed by atoms with E-state index in [2.05, 4.69) is 50.2 Å². The summed E-state index contributed by atoms with van der Waals surface area (Å²) in [6, 6.07) is 4.28. The number of hydrogen-bond acceptors (Lipinski definition) is 3. The van der Waals surface area contributed by atoms with Gasteiger partial charge in [0.15, 0.2) is 0 Å². The van der Waals surface area contributed by atoms with Gasteiger partial charge in [0.05, 0.1) is 0 Å². The van der Waals surface area contributed by atoms with E-state index in [-0.39, 0.29) is 5.54 Å². The molecule has 1 unspecified atom stereocenters. The van der Waals surface area contributed by atoms with Crippen LogP contribution in [0.3, 0.4) is 0 Å². The summed E-state index contributed by atoms with van der Waals surface area (Å²) >= 11 is 1.81. The van der Waals surface area contributed by atoms with Crippen LogP contribution in [0.4, 0.5) is 0 Å². The van der Waals surface area contributed by atoms with E-state index >= 15 is 0 Å². The Morgan fingerprint density at radius 2 is 2.20 bits per heavy atom. The quantitative estimate of drug-likeness (QED) is 0.836. The van der Waals surface area contributed by atoms with E-state index in [0.717, 1.165) is 6.54 Å². The van der Waals surface area contributed by atoms with Crippen molar-refractivity contribution in [3.63, 3.8) is 0 Å². The SMILES string of the molecule is CC(C)C(C)(CN)N(C)Cc1cccs1. The maximum atomic E-state index is 5.90. The molecule has 1 heterocycles. The van der Waals surface area contributed by atoms with Crippen LogP contribution in [0.5, 0.6) is 0 Å². The van der Waals surface area contributed by atoms with Crippen molar-refractivity contribution in [1.82, 2.24) is 4.90 Å². The molecule has 0 saturated heterocycles. The van der Waals surface area contributed by atoms with E-state index in [1.54, 1.807) is 0 Å². The summed E-state index contributed by atoms with van der Waals surface area (Å²) in [4.78, 5) is 3.77. The van der Waals surface area contributed by atoms with Crippen molar-refractivity contribution < 1.29 is 0 Å². The molecule has 1 aromatic heterocycles. The Balaban J connectivity index is 2.69. The Hall–Kier alpha value is -0.380. The fourth-order valence-electron chi connectivity index (χ4n) is 1.65. The van der Waals surface area contributed by atoms with Gasteiger partial charge in [-0.2, -0.15) is 0 Å². The number of thiophene rings is 1. The van der Waals surface area contributed by atoms with Crippen molar-refractivity contribution in [2.24, 2.45) is 11.7 Å². The number of likely N-dealkylation sites (N-methyl/N-ethyl adjacent to an activating group) is 1. The van der Waals surface area contributed by atoms with Gasteiger partial charge in [-0.3, -0.25) is 4.90 Å². The van der Waals surface area contributed by atoms with Gasteiger partial charge in [-0.05, 0) is 31.3 Å². The zero-order valence-electron chi connectivity index (χ0n) is 10.2. The number of hydrogen-bond donors (Lipinski definition) is 1. The van der Waals surface area contributed by atoms with Gasteiger partial charge in [-0.25, -0.2) is 0 Å². The third-order valence-electron chi connectivity index (χ3n) is 3.50. The van der Waals surface area contributed by atoms with Crippen LogP contribution in [0.2, 0.25) is 0 Å². The second-order valence-electron chi connectivity index (χ2n) is 4.65. The second kappa shape index (κ2) is 5.10. The molecule has 0 aromatic carbocycles.